The predicted octanol–water partition coefficient (Wildman–Crippen LogP) is 3.76. The van der Waals surface area contributed by atoms with Gasteiger partial charge in [-0.25, -0.2) is 0 Å². The molecule has 2 aromatic rings. The maximum Gasteiger partial charge on any atom is 0.224 e. The van der Waals surface area contributed by atoms with E-state index in [2.05, 4.69) is 5.32 Å². The molecule has 0 saturated heterocycles. The molecular weight excluding hydrogens is 258 g/mol. The highest BCUT2D eigenvalue weighted by Gasteiger charge is 2.09. The normalized spacial score (nSPS) is 11.9. The first-order chi connectivity index (χ1) is 9.15. The highest BCUT2D eigenvalue weighted by molar-refractivity contribution is 6.30. The molecule has 98 valence electrons. The van der Waals surface area contributed by atoms with Gasteiger partial charge in [0.2, 0.25) is 5.91 Å². The molecule has 2 nitrogen and oxygen atoms in total. The summed E-state index contributed by atoms with van der Waals surface area (Å²) in [6.07, 6.45) is 0.402. The zero-order valence-corrected chi connectivity index (χ0v) is 11.5. The fourth-order valence-corrected chi connectivity index (χ4v) is 2.03. The minimum absolute atomic E-state index is 0.0199. The number of halogens is 1. The van der Waals surface area contributed by atoms with Crippen molar-refractivity contribution >= 4 is 17.5 Å². The van der Waals surface area contributed by atoms with Gasteiger partial charge in [0.15, 0.2) is 0 Å². The third kappa shape index (κ3) is 4.11. The zero-order valence-electron chi connectivity index (χ0n) is 10.8. The summed E-state index contributed by atoms with van der Waals surface area (Å²) in [7, 11) is 0. The van der Waals surface area contributed by atoms with Crippen LogP contribution in [0.4, 0.5) is 0 Å². The summed E-state index contributed by atoms with van der Waals surface area (Å²) < 4.78 is 0. The van der Waals surface area contributed by atoms with Crippen LogP contribution >= 0.6 is 11.6 Å². The Morgan fingerprint density at radius 2 is 1.74 bits per heavy atom. The molecule has 0 spiro atoms. The number of carbonyl (C=O) groups excluding carboxylic acids is 1. The second-order valence-electron chi connectivity index (χ2n) is 4.50. The molecule has 0 radical (unpaired) electrons. The van der Waals surface area contributed by atoms with Gasteiger partial charge in [-0.2, -0.15) is 0 Å². The molecule has 0 bridgehead atoms. The van der Waals surface area contributed by atoms with E-state index in [9.17, 15) is 4.79 Å². The maximum atomic E-state index is 11.9. The number of hydrogen-bond donors (Lipinski definition) is 1. The Morgan fingerprint density at radius 3 is 2.37 bits per heavy atom. The van der Waals surface area contributed by atoms with Gasteiger partial charge in [0.05, 0.1) is 12.5 Å². The van der Waals surface area contributed by atoms with Crippen molar-refractivity contribution < 1.29 is 4.79 Å². The van der Waals surface area contributed by atoms with Crippen LogP contribution < -0.4 is 5.32 Å². The number of hydrogen-bond acceptors (Lipinski definition) is 1. The summed E-state index contributed by atoms with van der Waals surface area (Å²) >= 11 is 5.84. The van der Waals surface area contributed by atoms with Crippen LogP contribution in [0.1, 0.15) is 24.1 Å². The molecule has 19 heavy (non-hydrogen) atoms. The van der Waals surface area contributed by atoms with Crippen molar-refractivity contribution in [3.05, 3.63) is 70.7 Å². The third-order valence-corrected chi connectivity index (χ3v) is 3.21. The largest absolute Gasteiger partial charge is 0.349 e. The van der Waals surface area contributed by atoms with Crippen LogP contribution in [0.25, 0.3) is 0 Å². The minimum Gasteiger partial charge on any atom is -0.349 e. The van der Waals surface area contributed by atoms with Gasteiger partial charge in [0, 0.05) is 5.02 Å². The van der Waals surface area contributed by atoms with Crippen molar-refractivity contribution in [3.63, 3.8) is 0 Å². The van der Waals surface area contributed by atoms with Gasteiger partial charge in [0.25, 0.3) is 0 Å². The molecule has 0 aliphatic heterocycles. The molecule has 3 heteroatoms. The average Bonchev–Trinajstić information content (AvgIpc) is 2.40. The van der Waals surface area contributed by atoms with E-state index in [1.54, 1.807) is 0 Å². The molecule has 0 aliphatic carbocycles. The maximum absolute atomic E-state index is 11.9. The number of benzene rings is 2. The average molecular weight is 274 g/mol. The van der Waals surface area contributed by atoms with E-state index in [4.69, 9.17) is 11.6 Å². The molecule has 1 atom stereocenters. The Hall–Kier alpha value is -1.80. The van der Waals surface area contributed by atoms with Crippen LogP contribution in [0, 0.1) is 0 Å². The Labute approximate surface area is 118 Å². The molecule has 2 aromatic carbocycles. The van der Waals surface area contributed by atoms with E-state index >= 15 is 0 Å². The van der Waals surface area contributed by atoms with E-state index in [0.29, 0.717) is 11.4 Å². The minimum atomic E-state index is -0.0199. The summed E-state index contributed by atoms with van der Waals surface area (Å²) in [6, 6.07) is 17.2. The summed E-state index contributed by atoms with van der Waals surface area (Å²) in [5.74, 6) is 0.0219. The molecule has 0 aliphatic rings. The fraction of sp³-hybridized carbons (Fsp3) is 0.188. The van der Waals surface area contributed by atoms with Gasteiger partial charge < -0.3 is 5.32 Å². The van der Waals surface area contributed by atoms with Crippen molar-refractivity contribution in [2.24, 2.45) is 0 Å². The summed E-state index contributed by atoms with van der Waals surface area (Å²) in [5.41, 5.74) is 2.06. The quantitative estimate of drug-likeness (QED) is 0.903. The Morgan fingerprint density at radius 1 is 1.11 bits per heavy atom. The summed E-state index contributed by atoms with van der Waals surface area (Å²) in [6.45, 7) is 1.96. The first-order valence-electron chi connectivity index (χ1n) is 6.24. The highest BCUT2D eigenvalue weighted by Crippen LogP contribution is 2.16. The van der Waals surface area contributed by atoms with Crippen LogP contribution in [-0.4, -0.2) is 5.91 Å². The van der Waals surface area contributed by atoms with Gasteiger partial charge in [-0.1, -0.05) is 54.1 Å². The Kier molecular flexibility index (Phi) is 4.58. The van der Waals surface area contributed by atoms with Crippen molar-refractivity contribution in [1.29, 1.82) is 0 Å². The zero-order chi connectivity index (χ0) is 13.7. The lowest BCUT2D eigenvalue weighted by atomic mass is 10.1. The Balaban J connectivity index is 1.93. The van der Waals surface area contributed by atoms with Crippen molar-refractivity contribution in [1.82, 2.24) is 5.32 Å². The number of nitrogens with one attached hydrogen (secondary N) is 1. The van der Waals surface area contributed by atoms with Crippen LogP contribution in [-0.2, 0) is 11.2 Å². The third-order valence-electron chi connectivity index (χ3n) is 2.96. The van der Waals surface area contributed by atoms with Crippen LogP contribution in [0.15, 0.2) is 54.6 Å². The highest BCUT2D eigenvalue weighted by atomic mass is 35.5. The molecule has 0 fully saturated rings. The van der Waals surface area contributed by atoms with Gasteiger partial charge in [0.1, 0.15) is 0 Å². The van der Waals surface area contributed by atoms with E-state index in [1.165, 1.54) is 0 Å². The first-order valence-corrected chi connectivity index (χ1v) is 6.61. The van der Waals surface area contributed by atoms with Gasteiger partial charge in [-0.15, -0.1) is 0 Å². The second-order valence-corrected chi connectivity index (χ2v) is 4.94. The summed E-state index contributed by atoms with van der Waals surface area (Å²) in [5, 5.41) is 3.68. The van der Waals surface area contributed by atoms with Crippen molar-refractivity contribution in [2.45, 2.75) is 19.4 Å². The molecule has 1 amide bonds. The van der Waals surface area contributed by atoms with E-state index in [0.717, 1.165) is 11.1 Å². The summed E-state index contributed by atoms with van der Waals surface area (Å²) in [4.78, 5) is 11.9. The van der Waals surface area contributed by atoms with Crippen molar-refractivity contribution in [2.75, 3.05) is 0 Å². The molecule has 2 rings (SSSR count). The SMILES string of the molecule is CC(NC(=O)Cc1ccccc1)c1ccc(Cl)cc1. The van der Waals surface area contributed by atoms with E-state index in [-0.39, 0.29) is 11.9 Å². The van der Waals surface area contributed by atoms with Gasteiger partial charge >= 0.3 is 0 Å². The molecule has 1 unspecified atom stereocenters. The predicted molar refractivity (Wildman–Crippen MR) is 78.2 cm³/mol. The topological polar surface area (TPSA) is 29.1 Å². The molecular formula is C16H16ClNO. The monoisotopic (exact) mass is 273 g/mol. The molecule has 0 aromatic heterocycles. The van der Waals surface area contributed by atoms with Crippen LogP contribution in [0.5, 0.6) is 0 Å². The van der Waals surface area contributed by atoms with Crippen molar-refractivity contribution in [3.8, 4) is 0 Å². The number of amides is 1. The smallest absolute Gasteiger partial charge is 0.224 e. The van der Waals surface area contributed by atoms with Gasteiger partial charge in [-0.3, -0.25) is 4.79 Å². The Bertz CT molecular complexity index is 536. The standard InChI is InChI=1S/C16H16ClNO/c1-12(14-7-9-15(17)10-8-14)18-16(19)11-13-5-3-2-4-6-13/h2-10,12H,11H2,1H3,(H,18,19). The second kappa shape index (κ2) is 6.39. The number of carbonyl (C=O) groups is 1. The van der Waals surface area contributed by atoms with Gasteiger partial charge in [-0.05, 0) is 30.2 Å². The molecule has 0 saturated carbocycles. The van der Waals surface area contributed by atoms with E-state index < -0.39 is 0 Å². The lowest BCUT2D eigenvalue weighted by molar-refractivity contribution is -0.121. The van der Waals surface area contributed by atoms with Crippen LogP contribution in [0.3, 0.4) is 0 Å². The lowest BCUT2D eigenvalue weighted by Crippen LogP contribution is -2.28. The van der Waals surface area contributed by atoms with Crippen LogP contribution in [0.2, 0.25) is 5.02 Å². The fourth-order valence-electron chi connectivity index (χ4n) is 1.91. The molecule has 0 heterocycles. The molecule has 1 N–H and O–H groups in total. The van der Waals surface area contributed by atoms with E-state index in [1.807, 2.05) is 61.5 Å². The number of rotatable bonds is 4. The first kappa shape index (κ1) is 13.6. The lowest BCUT2D eigenvalue weighted by Gasteiger charge is -2.14.